The van der Waals surface area contributed by atoms with Crippen molar-refractivity contribution < 1.29 is 0 Å². The first kappa shape index (κ1) is 12.3. The highest BCUT2D eigenvalue weighted by Crippen LogP contribution is 2.25. The summed E-state index contributed by atoms with van der Waals surface area (Å²) in [5.41, 5.74) is 2.82. The van der Waals surface area contributed by atoms with Crippen LogP contribution in [0.3, 0.4) is 0 Å². The number of fused-ring (bicyclic) bond motifs is 1. The Hall–Kier alpha value is -0.730. The van der Waals surface area contributed by atoms with Gasteiger partial charge in [0.05, 0.1) is 11.2 Å². The van der Waals surface area contributed by atoms with Gasteiger partial charge in [-0.1, -0.05) is 15.9 Å². The Morgan fingerprint density at radius 3 is 3.00 bits per heavy atom. The van der Waals surface area contributed by atoms with E-state index in [4.69, 9.17) is 12.2 Å². The van der Waals surface area contributed by atoms with Crippen molar-refractivity contribution in [3.8, 4) is 5.69 Å². The second-order valence-electron chi connectivity index (χ2n) is 3.74. The van der Waals surface area contributed by atoms with Gasteiger partial charge in [-0.15, -0.1) is 0 Å². The summed E-state index contributed by atoms with van der Waals surface area (Å²) in [6.45, 7) is 0. The lowest BCUT2D eigenvalue weighted by Crippen LogP contribution is -1.98. The van der Waals surface area contributed by atoms with Crippen LogP contribution in [0.25, 0.3) is 16.9 Å². The standard InChI is InChI=1S/C12H7BrIN3S/c13-7-3-4-8(14)10(6-7)17-11-9(16-12(17)18)2-1-5-15-11/h1-6H,(H,16,18). The Labute approximate surface area is 131 Å². The van der Waals surface area contributed by atoms with Crippen LogP contribution < -0.4 is 0 Å². The molecule has 0 saturated carbocycles. The SMILES string of the molecule is S=c1[nH]c2cccnc2n1-c1cc(Br)ccc1I. The number of halogens is 2. The molecule has 1 aromatic carbocycles. The predicted octanol–water partition coefficient (Wildman–Crippen LogP) is 4.45. The molecule has 3 rings (SSSR count). The third-order valence-corrected chi connectivity index (χ3v) is 4.28. The second-order valence-corrected chi connectivity index (χ2v) is 6.20. The summed E-state index contributed by atoms with van der Waals surface area (Å²) >= 11 is 11.2. The summed E-state index contributed by atoms with van der Waals surface area (Å²) in [5, 5.41) is 0. The highest BCUT2D eigenvalue weighted by molar-refractivity contribution is 14.1. The molecule has 0 atom stereocenters. The minimum Gasteiger partial charge on any atom is -0.329 e. The van der Waals surface area contributed by atoms with Crippen molar-refractivity contribution in [3.63, 3.8) is 0 Å². The number of imidazole rings is 1. The molecule has 0 fully saturated rings. The molecule has 2 aromatic heterocycles. The minimum atomic E-state index is 0.653. The predicted molar refractivity (Wildman–Crippen MR) is 86.7 cm³/mol. The number of nitrogens with one attached hydrogen (secondary N) is 1. The molecule has 3 aromatic rings. The van der Waals surface area contributed by atoms with Crippen LogP contribution in [0.4, 0.5) is 0 Å². The van der Waals surface area contributed by atoms with Gasteiger partial charge in [-0.05, 0) is 65.1 Å². The van der Waals surface area contributed by atoms with Crippen LogP contribution in [-0.2, 0) is 0 Å². The summed E-state index contributed by atoms with van der Waals surface area (Å²) < 4.78 is 4.75. The molecule has 1 N–H and O–H groups in total. The van der Waals surface area contributed by atoms with E-state index in [9.17, 15) is 0 Å². The lowest BCUT2D eigenvalue weighted by molar-refractivity contribution is 1.03. The van der Waals surface area contributed by atoms with Gasteiger partial charge in [-0.2, -0.15) is 0 Å². The summed E-state index contributed by atoms with van der Waals surface area (Å²) in [7, 11) is 0. The fourth-order valence-corrected chi connectivity index (χ4v) is 3.04. The highest BCUT2D eigenvalue weighted by atomic mass is 127. The van der Waals surface area contributed by atoms with Crippen molar-refractivity contribution in [3.05, 3.63) is 49.3 Å². The molecule has 0 bridgehead atoms. The van der Waals surface area contributed by atoms with Crippen LogP contribution >= 0.6 is 50.7 Å². The number of pyridine rings is 1. The maximum atomic E-state index is 5.39. The number of nitrogens with zero attached hydrogens (tertiary/aromatic N) is 2. The smallest absolute Gasteiger partial charge is 0.184 e. The van der Waals surface area contributed by atoms with Crippen LogP contribution in [0, 0.1) is 8.34 Å². The Balaban J connectivity index is 2.41. The molecule has 0 aliphatic rings. The summed E-state index contributed by atoms with van der Waals surface area (Å²) in [5.74, 6) is 0. The summed E-state index contributed by atoms with van der Waals surface area (Å²) in [6, 6.07) is 9.96. The Bertz CT molecular complexity index is 793. The normalized spacial score (nSPS) is 11.0. The number of H-pyrrole nitrogens is 1. The van der Waals surface area contributed by atoms with Gasteiger partial charge in [0.25, 0.3) is 0 Å². The maximum Gasteiger partial charge on any atom is 0.184 e. The Morgan fingerprint density at radius 2 is 2.17 bits per heavy atom. The van der Waals surface area contributed by atoms with Crippen molar-refractivity contribution in [1.82, 2.24) is 14.5 Å². The quantitative estimate of drug-likeness (QED) is 0.456. The zero-order chi connectivity index (χ0) is 12.7. The number of hydrogen-bond donors (Lipinski definition) is 1. The topological polar surface area (TPSA) is 33.6 Å². The third kappa shape index (κ3) is 2.02. The maximum absolute atomic E-state index is 5.39. The first-order valence-corrected chi connectivity index (χ1v) is 7.46. The van der Waals surface area contributed by atoms with Gasteiger partial charge < -0.3 is 4.98 Å². The van der Waals surface area contributed by atoms with Gasteiger partial charge in [-0.3, -0.25) is 4.57 Å². The van der Waals surface area contributed by atoms with Crippen LogP contribution in [0.15, 0.2) is 41.0 Å². The monoisotopic (exact) mass is 431 g/mol. The van der Waals surface area contributed by atoms with Crippen molar-refractivity contribution >= 4 is 61.9 Å². The molecule has 0 spiro atoms. The average Bonchev–Trinajstić information content (AvgIpc) is 2.68. The van der Waals surface area contributed by atoms with E-state index >= 15 is 0 Å². The molecule has 0 aliphatic heterocycles. The number of benzene rings is 1. The molecule has 0 unspecified atom stereocenters. The first-order valence-electron chi connectivity index (χ1n) is 5.18. The summed E-state index contributed by atoms with van der Waals surface area (Å²) in [6.07, 6.45) is 1.77. The average molecular weight is 432 g/mol. The van der Waals surface area contributed by atoms with Crippen LogP contribution in [0.2, 0.25) is 0 Å². The number of aromatic amines is 1. The molecule has 3 nitrogen and oxygen atoms in total. The van der Waals surface area contributed by atoms with Crippen molar-refractivity contribution in [1.29, 1.82) is 0 Å². The van der Waals surface area contributed by atoms with E-state index in [1.165, 1.54) is 0 Å². The molecular formula is C12H7BrIN3S. The van der Waals surface area contributed by atoms with E-state index in [1.807, 2.05) is 34.9 Å². The lowest BCUT2D eigenvalue weighted by Gasteiger charge is -2.07. The van der Waals surface area contributed by atoms with E-state index in [1.54, 1.807) is 6.20 Å². The largest absolute Gasteiger partial charge is 0.329 e. The number of hydrogen-bond acceptors (Lipinski definition) is 2. The van der Waals surface area contributed by atoms with Gasteiger partial charge in [0.15, 0.2) is 10.4 Å². The van der Waals surface area contributed by atoms with E-state index in [2.05, 4.69) is 48.5 Å². The molecule has 0 radical (unpaired) electrons. The zero-order valence-electron chi connectivity index (χ0n) is 9.02. The van der Waals surface area contributed by atoms with Crippen LogP contribution in [0.1, 0.15) is 0 Å². The van der Waals surface area contributed by atoms with Gasteiger partial charge in [0.2, 0.25) is 0 Å². The minimum absolute atomic E-state index is 0.653. The van der Waals surface area contributed by atoms with Gasteiger partial charge in [0.1, 0.15) is 0 Å². The Kier molecular flexibility index (Phi) is 3.25. The molecule has 18 heavy (non-hydrogen) atoms. The van der Waals surface area contributed by atoms with Gasteiger partial charge in [0, 0.05) is 14.2 Å². The van der Waals surface area contributed by atoms with Crippen molar-refractivity contribution in [2.45, 2.75) is 0 Å². The van der Waals surface area contributed by atoms with Crippen molar-refractivity contribution in [2.75, 3.05) is 0 Å². The van der Waals surface area contributed by atoms with E-state index in [0.29, 0.717) is 4.77 Å². The number of aromatic nitrogens is 3. The van der Waals surface area contributed by atoms with Crippen molar-refractivity contribution in [2.24, 2.45) is 0 Å². The van der Waals surface area contributed by atoms with E-state index in [-0.39, 0.29) is 0 Å². The molecule has 2 heterocycles. The molecule has 0 amide bonds. The van der Waals surface area contributed by atoms with Gasteiger partial charge >= 0.3 is 0 Å². The fourth-order valence-electron chi connectivity index (χ4n) is 1.82. The zero-order valence-corrected chi connectivity index (χ0v) is 13.6. The van der Waals surface area contributed by atoms with Crippen LogP contribution in [0.5, 0.6) is 0 Å². The summed E-state index contributed by atoms with van der Waals surface area (Å²) in [4.78, 5) is 7.56. The molecule has 0 saturated heterocycles. The number of rotatable bonds is 1. The lowest BCUT2D eigenvalue weighted by atomic mass is 10.3. The van der Waals surface area contributed by atoms with Crippen LogP contribution in [-0.4, -0.2) is 14.5 Å². The fraction of sp³-hybridized carbons (Fsp3) is 0. The van der Waals surface area contributed by atoms with E-state index < -0.39 is 0 Å². The van der Waals surface area contributed by atoms with Gasteiger partial charge in [-0.25, -0.2) is 4.98 Å². The third-order valence-electron chi connectivity index (χ3n) is 2.59. The highest BCUT2D eigenvalue weighted by Gasteiger charge is 2.10. The first-order chi connectivity index (χ1) is 8.66. The van der Waals surface area contributed by atoms with E-state index in [0.717, 1.165) is 24.9 Å². The molecular weight excluding hydrogens is 425 g/mol. The molecule has 6 heteroatoms. The Morgan fingerprint density at radius 1 is 1.33 bits per heavy atom. The molecule has 90 valence electrons. The molecule has 0 aliphatic carbocycles. The second kappa shape index (κ2) is 4.75.